The topological polar surface area (TPSA) is 46.2 Å². The van der Waals surface area contributed by atoms with Crippen molar-refractivity contribution in [3.8, 4) is 0 Å². The van der Waals surface area contributed by atoms with Crippen molar-refractivity contribution >= 4 is 17.4 Å². The lowest BCUT2D eigenvalue weighted by Crippen LogP contribution is -2.21. The van der Waals surface area contributed by atoms with Crippen molar-refractivity contribution in [3.63, 3.8) is 0 Å². The molecule has 0 spiro atoms. The summed E-state index contributed by atoms with van der Waals surface area (Å²) in [6.07, 6.45) is 0. The lowest BCUT2D eigenvalue weighted by Gasteiger charge is -2.17. The van der Waals surface area contributed by atoms with Gasteiger partial charge in [-0.15, -0.1) is 11.8 Å². The molecule has 0 aliphatic carbocycles. The number of nitrogens with two attached hydrogens (primary N) is 1. The van der Waals surface area contributed by atoms with Gasteiger partial charge in [0.1, 0.15) is 0 Å². The van der Waals surface area contributed by atoms with Crippen molar-refractivity contribution in [2.24, 2.45) is 0 Å². The van der Waals surface area contributed by atoms with Crippen LogP contribution in [-0.4, -0.2) is 16.5 Å². The van der Waals surface area contributed by atoms with Gasteiger partial charge >= 0.3 is 0 Å². The van der Waals surface area contributed by atoms with E-state index in [1.165, 1.54) is 0 Å². The van der Waals surface area contributed by atoms with E-state index >= 15 is 0 Å². The van der Waals surface area contributed by atoms with Crippen molar-refractivity contribution in [1.29, 1.82) is 0 Å². The van der Waals surface area contributed by atoms with Crippen molar-refractivity contribution < 1.29 is 5.11 Å². The van der Waals surface area contributed by atoms with E-state index in [-0.39, 0.29) is 0 Å². The van der Waals surface area contributed by atoms with E-state index in [0.29, 0.717) is 5.75 Å². The van der Waals surface area contributed by atoms with E-state index in [9.17, 15) is 5.11 Å². The van der Waals surface area contributed by atoms with Gasteiger partial charge in [-0.05, 0) is 38.5 Å². The molecule has 3 N–H and O–H groups in total. The molecule has 2 nitrogen and oxygen atoms in total. The van der Waals surface area contributed by atoms with E-state index in [1.807, 2.05) is 39.0 Å². The molecule has 0 saturated carbocycles. The Hall–Kier alpha value is -0.670. The van der Waals surface area contributed by atoms with Gasteiger partial charge in [0.15, 0.2) is 0 Å². The largest absolute Gasteiger partial charge is 0.398 e. The summed E-state index contributed by atoms with van der Waals surface area (Å²) in [6, 6.07) is 5.86. The Kier molecular flexibility index (Phi) is 3.45. The Morgan fingerprint density at radius 2 is 2.07 bits per heavy atom. The second-order valence-corrected chi connectivity index (χ2v) is 5.09. The van der Waals surface area contributed by atoms with Crippen LogP contribution in [0, 0.1) is 6.92 Å². The summed E-state index contributed by atoms with van der Waals surface area (Å²) < 4.78 is 0. The molecule has 1 rings (SSSR count). The number of hydrogen-bond acceptors (Lipinski definition) is 3. The zero-order chi connectivity index (χ0) is 10.8. The molecule has 0 saturated heterocycles. The second kappa shape index (κ2) is 4.24. The first-order valence-corrected chi connectivity index (χ1v) is 5.59. The van der Waals surface area contributed by atoms with Gasteiger partial charge in [-0.2, -0.15) is 0 Å². The van der Waals surface area contributed by atoms with Crippen LogP contribution >= 0.6 is 11.8 Å². The summed E-state index contributed by atoms with van der Waals surface area (Å²) in [5.74, 6) is 0.678. The van der Waals surface area contributed by atoms with E-state index < -0.39 is 5.60 Å². The Morgan fingerprint density at radius 1 is 1.43 bits per heavy atom. The molecule has 0 unspecified atom stereocenters. The summed E-state index contributed by atoms with van der Waals surface area (Å²) in [6.45, 7) is 5.62. The fourth-order valence-corrected chi connectivity index (χ4v) is 2.06. The maximum absolute atomic E-state index is 9.59. The number of nitrogen functional groups attached to an aromatic ring is 1. The highest BCUT2D eigenvalue weighted by Gasteiger charge is 2.13. The first-order valence-electron chi connectivity index (χ1n) is 4.60. The Labute approximate surface area is 89.5 Å². The minimum Gasteiger partial charge on any atom is -0.398 e. The van der Waals surface area contributed by atoms with Gasteiger partial charge in [-0.25, -0.2) is 0 Å². The number of benzene rings is 1. The molecule has 0 amide bonds. The van der Waals surface area contributed by atoms with Crippen LogP contribution in [0.3, 0.4) is 0 Å². The SMILES string of the molecule is Cc1c(N)cccc1SCC(C)(C)O. The molecular formula is C11H17NOS. The summed E-state index contributed by atoms with van der Waals surface area (Å²) in [7, 11) is 0. The van der Waals surface area contributed by atoms with Crippen LogP contribution in [-0.2, 0) is 0 Å². The molecule has 0 aliphatic rings. The third-order valence-electron chi connectivity index (χ3n) is 1.91. The molecule has 0 atom stereocenters. The normalized spacial score (nSPS) is 11.7. The highest BCUT2D eigenvalue weighted by Crippen LogP contribution is 2.28. The van der Waals surface area contributed by atoms with Gasteiger partial charge in [0.05, 0.1) is 5.60 Å². The van der Waals surface area contributed by atoms with Crippen LogP contribution < -0.4 is 5.73 Å². The third-order valence-corrected chi connectivity index (χ3v) is 3.51. The lowest BCUT2D eigenvalue weighted by atomic mass is 10.2. The van der Waals surface area contributed by atoms with Crippen molar-refractivity contribution in [2.45, 2.75) is 31.3 Å². The smallest absolute Gasteiger partial charge is 0.0685 e. The molecule has 0 bridgehead atoms. The zero-order valence-corrected chi connectivity index (χ0v) is 9.69. The van der Waals surface area contributed by atoms with Crippen LogP contribution in [0.5, 0.6) is 0 Å². The molecule has 0 radical (unpaired) electrons. The molecule has 1 aromatic carbocycles. The number of thioether (sulfide) groups is 1. The predicted molar refractivity (Wildman–Crippen MR) is 62.6 cm³/mol. The van der Waals surface area contributed by atoms with Gasteiger partial charge in [-0.3, -0.25) is 0 Å². The fraction of sp³-hybridized carbons (Fsp3) is 0.455. The quantitative estimate of drug-likeness (QED) is 0.596. The molecule has 0 aliphatic heterocycles. The molecule has 78 valence electrons. The standard InChI is InChI=1S/C11H17NOS/c1-8-9(12)5-4-6-10(8)14-7-11(2,3)13/h4-6,13H,7,12H2,1-3H3. The van der Waals surface area contributed by atoms with E-state index in [0.717, 1.165) is 16.1 Å². The summed E-state index contributed by atoms with van der Waals surface area (Å²) >= 11 is 1.64. The highest BCUT2D eigenvalue weighted by molar-refractivity contribution is 7.99. The molecule has 0 heterocycles. The zero-order valence-electron chi connectivity index (χ0n) is 8.87. The maximum atomic E-state index is 9.59. The Morgan fingerprint density at radius 3 is 2.64 bits per heavy atom. The molecule has 14 heavy (non-hydrogen) atoms. The van der Waals surface area contributed by atoms with Crippen molar-refractivity contribution in [2.75, 3.05) is 11.5 Å². The van der Waals surface area contributed by atoms with E-state index in [4.69, 9.17) is 5.73 Å². The minimum atomic E-state index is -0.637. The van der Waals surface area contributed by atoms with Gasteiger partial charge in [0, 0.05) is 16.3 Å². The first kappa shape index (κ1) is 11.4. The van der Waals surface area contributed by atoms with Gasteiger partial charge < -0.3 is 10.8 Å². The highest BCUT2D eigenvalue weighted by atomic mass is 32.2. The summed E-state index contributed by atoms with van der Waals surface area (Å²) in [5.41, 5.74) is 7.06. The Bertz CT molecular complexity index is 318. The summed E-state index contributed by atoms with van der Waals surface area (Å²) in [4.78, 5) is 1.15. The molecular weight excluding hydrogens is 194 g/mol. The van der Waals surface area contributed by atoms with E-state index in [1.54, 1.807) is 11.8 Å². The fourth-order valence-electron chi connectivity index (χ4n) is 1.04. The minimum absolute atomic E-state index is 0.637. The van der Waals surface area contributed by atoms with Crippen LogP contribution in [0.2, 0.25) is 0 Å². The average molecular weight is 211 g/mol. The number of rotatable bonds is 3. The van der Waals surface area contributed by atoms with Crippen molar-refractivity contribution in [1.82, 2.24) is 0 Å². The predicted octanol–water partition coefficient (Wildman–Crippen LogP) is 2.44. The second-order valence-electron chi connectivity index (χ2n) is 4.07. The first-order chi connectivity index (χ1) is 6.40. The van der Waals surface area contributed by atoms with E-state index in [2.05, 4.69) is 0 Å². The average Bonchev–Trinajstić information content (AvgIpc) is 2.06. The maximum Gasteiger partial charge on any atom is 0.0685 e. The number of hydrogen-bond donors (Lipinski definition) is 2. The Balaban J connectivity index is 2.73. The van der Waals surface area contributed by atoms with Gasteiger partial charge in [0.25, 0.3) is 0 Å². The number of anilines is 1. The molecule has 1 aromatic rings. The van der Waals surface area contributed by atoms with Crippen molar-refractivity contribution in [3.05, 3.63) is 23.8 Å². The molecule has 0 aromatic heterocycles. The summed E-state index contributed by atoms with van der Waals surface area (Å²) in [5, 5.41) is 9.59. The molecule has 0 fully saturated rings. The van der Waals surface area contributed by atoms with Crippen LogP contribution in [0.25, 0.3) is 0 Å². The van der Waals surface area contributed by atoms with Crippen LogP contribution in [0.15, 0.2) is 23.1 Å². The van der Waals surface area contributed by atoms with Gasteiger partial charge in [0.2, 0.25) is 0 Å². The van der Waals surface area contributed by atoms with Crippen LogP contribution in [0.4, 0.5) is 5.69 Å². The lowest BCUT2D eigenvalue weighted by molar-refractivity contribution is 0.107. The monoisotopic (exact) mass is 211 g/mol. The van der Waals surface area contributed by atoms with Crippen LogP contribution in [0.1, 0.15) is 19.4 Å². The third kappa shape index (κ3) is 3.24. The number of aliphatic hydroxyl groups is 1. The van der Waals surface area contributed by atoms with Gasteiger partial charge in [-0.1, -0.05) is 6.07 Å². The molecule has 3 heteroatoms.